The van der Waals surface area contributed by atoms with Crippen LogP contribution in [0, 0.1) is 15.3 Å². The Morgan fingerprint density at radius 1 is 0.784 bits per heavy atom. The summed E-state index contributed by atoms with van der Waals surface area (Å²) in [4.78, 5) is 16.9. The summed E-state index contributed by atoms with van der Waals surface area (Å²) in [5, 5.41) is 45.0. The van der Waals surface area contributed by atoms with Crippen molar-refractivity contribution in [2.24, 2.45) is 9.98 Å². The second-order valence-electron chi connectivity index (χ2n) is 7.31. The van der Waals surface area contributed by atoms with Gasteiger partial charge in [-0.2, -0.15) is 0 Å². The molecule has 37 heavy (non-hydrogen) atoms. The Bertz CT molecular complexity index is 901. The SMILES string of the molecule is COc1ccc([O-])c(C=NCCCNCCNCCCN=Cc2cc(OC)ccc2[O-])c1.O=[N+]([O-])[O-].[Mn+3]. The number of benzene rings is 2. The van der Waals surface area contributed by atoms with Crippen molar-refractivity contribution in [2.75, 3.05) is 53.5 Å². The summed E-state index contributed by atoms with van der Waals surface area (Å²) in [6.07, 6.45) is 5.02. The first-order valence-electron chi connectivity index (χ1n) is 11.3. The monoisotopic (exact) mass is 557 g/mol. The number of rotatable bonds is 15. The molecule has 13 heteroatoms. The van der Waals surface area contributed by atoms with E-state index in [1.54, 1.807) is 50.9 Å². The first-order chi connectivity index (χ1) is 17.4. The number of hydrogen-bond donors (Lipinski definition) is 2. The van der Waals surface area contributed by atoms with Crippen LogP contribution in [0.5, 0.6) is 23.0 Å². The minimum atomic E-state index is -1.75. The molecule has 0 bridgehead atoms. The van der Waals surface area contributed by atoms with Crippen LogP contribution in [0.1, 0.15) is 24.0 Å². The van der Waals surface area contributed by atoms with Gasteiger partial charge in [0.2, 0.25) is 0 Å². The Labute approximate surface area is 227 Å². The zero-order valence-electron chi connectivity index (χ0n) is 20.9. The molecular weight excluding hydrogens is 525 g/mol. The van der Waals surface area contributed by atoms with E-state index in [2.05, 4.69) is 20.6 Å². The topological polar surface area (TPSA) is 180 Å². The average Bonchev–Trinajstić information content (AvgIpc) is 2.85. The molecule has 0 fully saturated rings. The van der Waals surface area contributed by atoms with E-state index in [-0.39, 0.29) is 28.6 Å². The minimum Gasteiger partial charge on any atom is -0.872 e. The zero-order valence-corrected chi connectivity index (χ0v) is 22.0. The van der Waals surface area contributed by atoms with Gasteiger partial charge in [0.05, 0.1) is 19.3 Å². The fraction of sp³-hybridized carbons (Fsp3) is 0.417. The number of aliphatic imine (C=N–C) groups is 2. The summed E-state index contributed by atoms with van der Waals surface area (Å²) in [6, 6.07) is 9.67. The number of nitrogens with zero attached hydrogens (tertiary/aromatic N) is 3. The number of nitrogens with one attached hydrogen (secondary N) is 2. The van der Waals surface area contributed by atoms with Crippen molar-refractivity contribution in [3.05, 3.63) is 62.8 Å². The van der Waals surface area contributed by atoms with Crippen LogP contribution in [-0.2, 0) is 17.1 Å². The van der Waals surface area contributed by atoms with Crippen molar-refractivity contribution >= 4 is 12.4 Å². The summed E-state index contributed by atoms with van der Waals surface area (Å²) in [6.45, 7) is 4.79. The molecule has 202 valence electrons. The van der Waals surface area contributed by atoms with Gasteiger partial charge in [0.25, 0.3) is 0 Å². The van der Waals surface area contributed by atoms with Crippen LogP contribution in [0.4, 0.5) is 0 Å². The first-order valence-corrected chi connectivity index (χ1v) is 11.3. The number of methoxy groups -OCH3 is 2. The number of hydrogen-bond acceptors (Lipinski definition) is 11. The van der Waals surface area contributed by atoms with Crippen LogP contribution in [0.15, 0.2) is 46.4 Å². The van der Waals surface area contributed by atoms with Crippen molar-refractivity contribution in [3.63, 3.8) is 0 Å². The maximum atomic E-state index is 11.7. The third-order valence-electron chi connectivity index (χ3n) is 4.65. The Balaban J connectivity index is 0.00000241. The molecule has 12 nitrogen and oxygen atoms in total. The molecule has 0 aliphatic carbocycles. The van der Waals surface area contributed by atoms with Crippen LogP contribution >= 0.6 is 0 Å². The Morgan fingerprint density at radius 2 is 1.16 bits per heavy atom. The van der Waals surface area contributed by atoms with Gasteiger partial charge in [-0.3, -0.25) is 9.98 Å². The zero-order chi connectivity index (χ0) is 26.6. The normalized spacial score (nSPS) is 10.5. The second kappa shape index (κ2) is 20.8. The molecule has 0 saturated carbocycles. The summed E-state index contributed by atoms with van der Waals surface area (Å²) in [5.41, 5.74) is 1.09. The van der Waals surface area contributed by atoms with Crippen LogP contribution in [0.25, 0.3) is 0 Å². The van der Waals surface area contributed by atoms with Crippen molar-refractivity contribution in [3.8, 4) is 23.0 Å². The molecule has 0 spiro atoms. The summed E-state index contributed by atoms with van der Waals surface area (Å²) < 4.78 is 10.2. The molecule has 0 heterocycles. The van der Waals surface area contributed by atoms with Gasteiger partial charge in [-0.25, -0.2) is 0 Å². The molecule has 0 aliphatic heterocycles. The largest absolute Gasteiger partial charge is 3.00 e. The predicted octanol–water partition coefficient (Wildman–Crippen LogP) is 1.11. The molecule has 0 radical (unpaired) electrons. The molecule has 0 aromatic heterocycles. The van der Waals surface area contributed by atoms with E-state index in [0.29, 0.717) is 35.7 Å². The Hall–Kier alpha value is -3.38. The summed E-state index contributed by atoms with van der Waals surface area (Å²) >= 11 is 0. The first kappa shape index (κ1) is 33.6. The molecular formula is C24H32MnN5O7. The Kier molecular flexibility index (Phi) is 18.9. The molecule has 2 rings (SSSR count). The van der Waals surface area contributed by atoms with Gasteiger partial charge in [0.15, 0.2) is 0 Å². The van der Waals surface area contributed by atoms with E-state index >= 15 is 0 Å². The van der Waals surface area contributed by atoms with E-state index in [0.717, 1.165) is 39.0 Å². The summed E-state index contributed by atoms with van der Waals surface area (Å²) in [7, 11) is 3.15. The minimum absolute atomic E-state index is 0. The predicted molar refractivity (Wildman–Crippen MR) is 135 cm³/mol. The van der Waals surface area contributed by atoms with Crippen molar-refractivity contribution < 1.29 is 41.8 Å². The molecule has 0 saturated heterocycles. The van der Waals surface area contributed by atoms with Crippen molar-refractivity contribution in [2.45, 2.75) is 12.8 Å². The van der Waals surface area contributed by atoms with E-state index in [9.17, 15) is 10.2 Å². The quantitative estimate of drug-likeness (QED) is 0.107. The van der Waals surface area contributed by atoms with Gasteiger partial charge >= 0.3 is 17.1 Å². The van der Waals surface area contributed by atoms with Gasteiger partial charge in [-0.1, -0.05) is 23.6 Å². The smallest absolute Gasteiger partial charge is 0.872 e. The van der Waals surface area contributed by atoms with E-state index in [1.165, 1.54) is 12.1 Å². The van der Waals surface area contributed by atoms with Gasteiger partial charge < -0.3 is 45.6 Å². The van der Waals surface area contributed by atoms with Gasteiger partial charge in [-0.15, -0.1) is 0 Å². The van der Waals surface area contributed by atoms with Gasteiger partial charge in [-0.05, 0) is 61.3 Å². The molecule has 2 N–H and O–H groups in total. The molecule has 0 unspecified atom stereocenters. The maximum Gasteiger partial charge on any atom is 3.00 e. The third-order valence-corrected chi connectivity index (χ3v) is 4.65. The second-order valence-corrected chi connectivity index (χ2v) is 7.31. The van der Waals surface area contributed by atoms with Crippen molar-refractivity contribution in [1.29, 1.82) is 0 Å². The van der Waals surface area contributed by atoms with E-state index in [1.807, 2.05) is 0 Å². The number of ether oxygens (including phenoxy) is 2. The van der Waals surface area contributed by atoms with Crippen LogP contribution in [0.2, 0.25) is 0 Å². The van der Waals surface area contributed by atoms with Crippen molar-refractivity contribution in [1.82, 2.24) is 10.6 Å². The fourth-order valence-corrected chi connectivity index (χ4v) is 2.85. The third kappa shape index (κ3) is 16.1. The molecule has 0 atom stereocenters. The van der Waals surface area contributed by atoms with Crippen LogP contribution in [0.3, 0.4) is 0 Å². The van der Waals surface area contributed by atoms with Crippen LogP contribution < -0.4 is 30.3 Å². The Morgan fingerprint density at radius 3 is 1.51 bits per heavy atom. The average molecular weight is 557 g/mol. The standard InChI is InChI=1S/C24H34N4O4.Mn.NO3/c1-31-21-5-7-23(29)19(15-21)17-27-11-3-9-25-13-14-26-10-4-12-28-18-20-16-22(32-2)6-8-24(20)30;;2-1(3)4/h5-8,15-18,25-26,29-30H,3-4,9-14H2,1-2H3;;/q;+3;-1/p-2. The molecule has 0 amide bonds. The molecule has 0 aliphatic rings. The van der Waals surface area contributed by atoms with E-state index in [4.69, 9.17) is 24.8 Å². The summed E-state index contributed by atoms with van der Waals surface area (Å²) in [5.74, 6) is 1.20. The fourth-order valence-electron chi connectivity index (χ4n) is 2.85. The van der Waals surface area contributed by atoms with Gasteiger partial charge in [0, 0.05) is 38.6 Å². The molecule has 2 aromatic rings. The van der Waals surface area contributed by atoms with E-state index < -0.39 is 5.09 Å². The van der Waals surface area contributed by atoms with Crippen LogP contribution in [-0.4, -0.2) is 71.0 Å². The maximum absolute atomic E-state index is 11.7. The molecule has 2 aromatic carbocycles. The van der Waals surface area contributed by atoms with Gasteiger partial charge in [0.1, 0.15) is 11.5 Å².